The molecule has 3 aromatic rings. The van der Waals surface area contributed by atoms with E-state index in [4.69, 9.17) is 23.2 Å². The molecule has 0 atom stereocenters. The van der Waals surface area contributed by atoms with E-state index in [1.165, 1.54) is 11.8 Å². The Balaban J connectivity index is 1.70. The number of thioether (sulfide) groups is 1. The van der Waals surface area contributed by atoms with Crippen molar-refractivity contribution in [2.24, 2.45) is 0 Å². The van der Waals surface area contributed by atoms with Crippen LogP contribution in [0, 0.1) is 6.92 Å². The molecular formula is C20H20Cl2N4OS. The summed E-state index contributed by atoms with van der Waals surface area (Å²) in [6.07, 6.45) is 0.931. The Morgan fingerprint density at radius 3 is 2.57 bits per heavy atom. The quantitative estimate of drug-likeness (QED) is 0.484. The Hall–Kier alpha value is -2.02. The summed E-state index contributed by atoms with van der Waals surface area (Å²) in [6, 6.07) is 13.0. The van der Waals surface area contributed by atoms with E-state index >= 15 is 0 Å². The molecule has 28 heavy (non-hydrogen) atoms. The van der Waals surface area contributed by atoms with Crippen LogP contribution in [0.1, 0.15) is 18.9 Å². The molecule has 1 aromatic heterocycles. The zero-order chi connectivity index (χ0) is 20.1. The average molecular weight is 435 g/mol. The van der Waals surface area contributed by atoms with Gasteiger partial charge in [-0.2, -0.15) is 0 Å². The fourth-order valence-electron chi connectivity index (χ4n) is 2.63. The van der Waals surface area contributed by atoms with E-state index < -0.39 is 0 Å². The van der Waals surface area contributed by atoms with Crippen LogP contribution >= 0.6 is 35.0 Å². The number of rotatable bonds is 7. The minimum atomic E-state index is -0.121. The van der Waals surface area contributed by atoms with E-state index in [1.807, 2.05) is 47.9 Å². The second kappa shape index (κ2) is 9.45. The van der Waals surface area contributed by atoms with Gasteiger partial charge in [-0.1, -0.05) is 48.0 Å². The first-order valence-corrected chi connectivity index (χ1v) is 10.6. The number of aromatic nitrogens is 3. The van der Waals surface area contributed by atoms with Crippen molar-refractivity contribution in [2.75, 3.05) is 11.1 Å². The van der Waals surface area contributed by atoms with Gasteiger partial charge in [0, 0.05) is 27.8 Å². The van der Waals surface area contributed by atoms with Crippen LogP contribution in [0.15, 0.2) is 47.6 Å². The number of nitrogens with zero attached hydrogens (tertiary/aromatic N) is 3. The van der Waals surface area contributed by atoms with Crippen LogP contribution in [0.5, 0.6) is 0 Å². The van der Waals surface area contributed by atoms with Crippen LogP contribution in [0.25, 0.3) is 11.4 Å². The topological polar surface area (TPSA) is 59.8 Å². The highest BCUT2D eigenvalue weighted by atomic mass is 35.5. The van der Waals surface area contributed by atoms with E-state index in [2.05, 4.69) is 22.4 Å². The van der Waals surface area contributed by atoms with E-state index in [1.54, 1.807) is 6.07 Å². The van der Waals surface area contributed by atoms with Crippen molar-refractivity contribution >= 4 is 46.6 Å². The molecule has 0 unspecified atom stereocenters. The molecule has 0 bridgehead atoms. The third-order valence-electron chi connectivity index (χ3n) is 4.05. The molecule has 2 aromatic carbocycles. The largest absolute Gasteiger partial charge is 0.325 e. The number of carbonyl (C=O) groups excluding carboxylic acids is 1. The summed E-state index contributed by atoms with van der Waals surface area (Å²) in [7, 11) is 0. The summed E-state index contributed by atoms with van der Waals surface area (Å²) in [5, 5.41) is 13.5. The summed E-state index contributed by atoms with van der Waals surface area (Å²) >= 11 is 13.4. The molecule has 0 radical (unpaired) electrons. The second-order valence-corrected chi connectivity index (χ2v) is 8.05. The van der Waals surface area contributed by atoms with Gasteiger partial charge in [0.1, 0.15) is 0 Å². The highest BCUT2D eigenvalue weighted by Gasteiger charge is 2.15. The molecule has 1 amide bonds. The van der Waals surface area contributed by atoms with Crippen LogP contribution in [-0.4, -0.2) is 26.4 Å². The number of halogens is 2. The monoisotopic (exact) mass is 434 g/mol. The molecule has 8 heteroatoms. The Morgan fingerprint density at radius 2 is 1.89 bits per heavy atom. The van der Waals surface area contributed by atoms with Crippen LogP contribution in [0.2, 0.25) is 10.0 Å². The van der Waals surface area contributed by atoms with Crippen LogP contribution in [0.3, 0.4) is 0 Å². The number of benzene rings is 2. The van der Waals surface area contributed by atoms with Gasteiger partial charge in [-0.25, -0.2) is 0 Å². The van der Waals surface area contributed by atoms with Crippen molar-refractivity contribution in [1.82, 2.24) is 14.8 Å². The van der Waals surface area contributed by atoms with Gasteiger partial charge in [-0.05, 0) is 55.3 Å². The molecule has 0 aliphatic carbocycles. The number of nitrogens with one attached hydrogen (secondary N) is 1. The van der Waals surface area contributed by atoms with E-state index in [0.29, 0.717) is 20.9 Å². The van der Waals surface area contributed by atoms with Crippen molar-refractivity contribution in [3.63, 3.8) is 0 Å². The number of anilines is 1. The van der Waals surface area contributed by atoms with Crippen molar-refractivity contribution in [3.8, 4) is 11.4 Å². The second-order valence-electron chi connectivity index (χ2n) is 6.27. The number of hydrogen-bond acceptors (Lipinski definition) is 4. The smallest absolute Gasteiger partial charge is 0.234 e. The molecule has 3 rings (SSSR count). The van der Waals surface area contributed by atoms with E-state index in [-0.39, 0.29) is 11.7 Å². The third kappa shape index (κ3) is 5.07. The predicted molar refractivity (Wildman–Crippen MR) is 116 cm³/mol. The van der Waals surface area contributed by atoms with Crippen molar-refractivity contribution in [1.29, 1.82) is 0 Å². The zero-order valence-electron chi connectivity index (χ0n) is 15.6. The summed E-state index contributed by atoms with van der Waals surface area (Å²) in [6.45, 7) is 4.78. The van der Waals surface area contributed by atoms with Crippen molar-refractivity contribution in [3.05, 3.63) is 58.1 Å². The Kier molecular flexibility index (Phi) is 6.99. The summed E-state index contributed by atoms with van der Waals surface area (Å²) in [5.41, 5.74) is 2.59. The molecule has 0 aliphatic heterocycles. The van der Waals surface area contributed by atoms with E-state index in [0.717, 1.165) is 29.9 Å². The first-order chi connectivity index (χ1) is 13.5. The van der Waals surface area contributed by atoms with Crippen LogP contribution in [0.4, 0.5) is 5.69 Å². The number of aryl methyl sites for hydroxylation is 1. The van der Waals surface area contributed by atoms with Gasteiger partial charge in [0.05, 0.1) is 5.75 Å². The Labute approximate surface area is 178 Å². The molecule has 1 heterocycles. The molecule has 0 saturated heterocycles. The molecule has 0 fully saturated rings. The lowest BCUT2D eigenvalue weighted by molar-refractivity contribution is -0.113. The number of carbonyl (C=O) groups is 1. The van der Waals surface area contributed by atoms with Crippen LogP contribution in [-0.2, 0) is 11.3 Å². The van der Waals surface area contributed by atoms with Gasteiger partial charge in [0.25, 0.3) is 0 Å². The fraction of sp³-hybridized carbons (Fsp3) is 0.250. The molecule has 5 nitrogen and oxygen atoms in total. The first kappa shape index (κ1) is 20.7. The molecule has 1 N–H and O–H groups in total. The minimum absolute atomic E-state index is 0.121. The van der Waals surface area contributed by atoms with Gasteiger partial charge in [0.15, 0.2) is 11.0 Å². The SMILES string of the molecule is CCCn1c(SCC(=O)Nc2ccc(C)c(Cl)c2)nnc1-c1ccc(Cl)cc1. The van der Waals surface area contributed by atoms with Gasteiger partial charge >= 0.3 is 0 Å². The van der Waals surface area contributed by atoms with Crippen LogP contribution < -0.4 is 5.32 Å². The molecule has 146 valence electrons. The number of amides is 1. The third-order valence-corrected chi connectivity index (χ3v) is 5.68. The molecule has 0 aliphatic rings. The number of hydrogen-bond donors (Lipinski definition) is 1. The fourth-order valence-corrected chi connectivity index (χ4v) is 3.70. The standard InChI is InChI=1S/C20H20Cl2N4OS/c1-3-10-26-19(14-5-7-15(21)8-6-14)24-25-20(26)28-12-18(27)23-16-9-4-13(2)17(22)11-16/h4-9,11H,3,10,12H2,1-2H3,(H,23,27). The molecule has 0 spiro atoms. The first-order valence-electron chi connectivity index (χ1n) is 8.86. The maximum Gasteiger partial charge on any atom is 0.234 e. The lowest BCUT2D eigenvalue weighted by Gasteiger charge is -2.09. The normalized spacial score (nSPS) is 10.9. The zero-order valence-corrected chi connectivity index (χ0v) is 17.9. The minimum Gasteiger partial charge on any atom is -0.325 e. The average Bonchev–Trinajstić information content (AvgIpc) is 3.07. The lowest BCUT2D eigenvalue weighted by atomic mass is 10.2. The highest BCUT2D eigenvalue weighted by molar-refractivity contribution is 7.99. The summed E-state index contributed by atoms with van der Waals surface area (Å²) < 4.78 is 2.03. The highest BCUT2D eigenvalue weighted by Crippen LogP contribution is 2.26. The Morgan fingerprint density at radius 1 is 1.14 bits per heavy atom. The van der Waals surface area contributed by atoms with Gasteiger partial charge in [-0.3, -0.25) is 4.79 Å². The Bertz CT molecular complexity index is 973. The van der Waals surface area contributed by atoms with E-state index in [9.17, 15) is 4.79 Å². The van der Waals surface area contributed by atoms with Gasteiger partial charge < -0.3 is 9.88 Å². The maximum atomic E-state index is 12.3. The lowest BCUT2D eigenvalue weighted by Crippen LogP contribution is -2.14. The van der Waals surface area contributed by atoms with Gasteiger partial charge in [-0.15, -0.1) is 10.2 Å². The van der Waals surface area contributed by atoms with Crippen molar-refractivity contribution in [2.45, 2.75) is 32.0 Å². The maximum absolute atomic E-state index is 12.3. The molecule has 0 saturated carbocycles. The molecular weight excluding hydrogens is 415 g/mol. The summed E-state index contributed by atoms with van der Waals surface area (Å²) in [4.78, 5) is 12.3. The summed E-state index contributed by atoms with van der Waals surface area (Å²) in [5.74, 6) is 0.879. The van der Waals surface area contributed by atoms with Crippen molar-refractivity contribution < 1.29 is 4.79 Å². The van der Waals surface area contributed by atoms with Gasteiger partial charge in [0.2, 0.25) is 5.91 Å². The predicted octanol–water partition coefficient (Wildman–Crippen LogP) is 5.70.